The fourth-order valence-electron chi connectivity index (χ4n) is 2.04. The summed E-state index contributed by atoms with van der Waals surface area (Å²) in [6.07, 6.45) is 14.6. The second kappa shape index (κ2) is 16.4. The summed E-state index contributed by atoms with van der Waals surface area (Å²) >= 11 is 0. The first-order valence-electron chi connectivity index (χ1n) is 7.82. The molecule has 0 saturated heterocycles. The van der Waals surface area contributed by atoms with Gasteiger partial charge in [-0.2, -0.15) is 0 Å². The SMILES string of the molecule is [C-]#[N+]CCCOCCCCCCCCCCCC. The van der Waals surface area contributed by atoms with Gasteiger partial charge >= 0.3 is 0 Å². The van der Waals surface area contributed by atoms with Crippen molar-refractivity contribution in [3.05, 3.63) is 11.4 Å². The predicted molar refractivity (Wildman–Crippen MR) is 78.7 cm³/mol. The molecule has 0 radical (unpaired) electrons. The highest BCUT2D eigenvalue weighted by atomic mass is 16.5. The second-order valence-corrected chi connectivity index (χ2v) is 5.03. The van der Waals surface area contributed by atoms with Gasteiger partial charge in [-0.25, -0.2) is 6.57 Å². The van der Waals surface area contributed by atoms with E-state index in [1.165, 1.54) is 64.2 Å². The van der Waals surface area contributed by atoms with Crippen LogP contribution in [0.2, 0.25) is 0 Å². The summed E-state index contributed by atoms with van der Waals surface area (Å²) < 4.78 is 5.46. The highest BCUT2D eigenvalue weighted by Crippen LogP contribution is 2.10. The molecule has 0 bridgehead atoms. The van der Waals surface area contributed by atoms with E-state index in [0.717, 1.165) is 19.6 Å². The van der Waals surface area contributed by atoms with E-state index in [9.17, 15) is 0 Å². The Morgan fingerprint density at radius 3 is 1.78 bits per heavy atom. The van der Waals surface area contributed by atoms with Crippen LogP contribution in [-0.4, -0.2) is 19.8 Å². The average Bonchev–Trinajstić information content (AvgIpc) is 2.39. The molecule has 2 heteroatoms. The van der Waals surface area contributed by atoms with Crippen LogP contribution in [0.1, 0.15) is 77.6 Å². The lowest BCUT2D eigenvalue weighted by Gasteiger charge is -2.03. The Morgan fingerprint density at radius 2 is 1.22 bits per heavy atom. The van der Waals surface area contributed by atoms with Crippen molar-refractivity contribution in [2.75, 3.05) is 19.8 Å². The minimum atomic E-state index is 0.609. The van der Waals surface area contributed by atoms with E-state index in [2.05, 4.69) is 11.8 Å². The standard InChI is InChI=1S/C16H31NO/c1-3-4-5-6-7-8-9-10-11-12-15-18-16-13-14-17-2/h3-16H2,1H3. The molecule has 0 atom stereocenters. The summed E-state index contributed by atoms with van der Waals surface area (Å²) in [4.78, 5) is 3.30. The van der Waals surface area contributed by atoms with E-state index in [1.54, 1.807) is 0 Å². The van der Waals surface area contributed by atoms with E-state index in [1.807, 2.05) is 0 Å². The minimum absolute atomic E-state index is 0.609. The van der Waals surface area contributed by atoms with Crippen molar-refractivity contribution in [1.29, 1.82) is 0 Å². The third kappa shape index (κ3) is 15.4. The van der Waals surface area contributed by atoms with Gasteiger partial charge in [-0.1, -0.05) is 64.7 Å². The Hall–Kier alpha value is -0.550. The van der Waals surface area contributed by atoms with Crippen LogP contribution in [0.25, 0.3) is 4.85 Å². The summed E-state index contributed by atoms with van der Waals surface area (Å²) in [7, 11) is 0. The number of unbranched alkanes of at least 4 members (excludes halogenated alkanes) is 9. The van der Waals surface area contributed by atoms with Gasteiger partial charge in [0.15, 0.2) is 0 Å². The van der Waals surface area contributed by atoms with Crippen molar-refractivity contribution in [3.63, 3.8) is 0 Å². The normalized spacial score (nSPS) is 10.4. The van der Waals surface area contributed by atoms with Crippen molar-refractivity contribution >= 4 is 0 Å². The Bertz CT molecular complexity index is 186. The smallest absolute Gasteiger partial charge is 0.216 e. The quantitative estimate of drug-likeness (QED) is 0.305. The maximum absolute atomic E-state index is 6.64. The number of hydrogen-bond donors (Lipinski definition) is 0. The average molecular weight is 253 g/mol. The molecular weight excluding hydrogens is 222 g/mol. The number of ether oxygens (including phenoxy) is 1. The first-order valence-corrected chi connectivity index (χ1v) is 7.82. The summed E-state index contributed by atoms with van der Waals surface area (Å²) in [5.41, 5.74) is 0. The highest BCUT2D eigenvalue weighted by molar-refractivity contribution is 4.56. The first-order chi connectivity index (χ1) is 8.91. The molecular formula is C16H31NO. The lowest BCUT2D eigenvalue weighted by molar-refractivity contribution is 0.130. The molecule has 0 amide bonds. The van der Waals surface area contributed by atoms with E-state index < -0.39 is 0 Å². The molecule has 106 valence electrons. The van der Waals surface area contributed by atoms with Gasteiger partial charge in [0.1, 0.15) is 0 Å². The van der Waals surface area contributed by atoms with Gasteiger partial charge < -0.3 is 9.58 Å². The third-order valence-electron chi connectivity index (χ3n) is 3.20. The van der Waals surface area contributed by atoms with Crippen molar-refractivity contribution in [2.45, 2.75) is 77.6 Å². The van der Waals surface area contributed by atoms with Crippen LogP contribution in [0.15, 0.2) is 0 Å². The molecule has 0 aromatic carbocycles. The zero-order valence-electron chi connectivity index (χ0n) is 12.3. The van der Waals surface area contributed by atoms with Gasteiger partial charge in [0.05, 0.1) is 6.61 Å². The molecule has 0 aromatic heterocycles. The molecule has 0 spiro atoms. The summed E-state index contributed by atoms with van der Waals surface area (Å²) in [5, 5.41) is 0. The highest BCUT2D eigenvalue weighted by Gasteiger charge is 1.94. The summed E-state index contributed by atoms with van der Waals surface area (Å²) in [6, 6.07) is 0. The minimum Gasteiger partial charge on any atom is -0.381 e. The molecule has 0 N–H and O–H groups in total. The molecule has 0 heterocycles. The Morgan fingerprint density at radius 1 is 0.722 bits per heavy atom. The molecule has 0 saturated carbocycles. The van der Waals surface area contributed by atoms with Gasteiger partial charge in [0, 0.05) is 13.0 Å². The van der Waals surface area contributed by atoms with Crippen LogP contribution in [-0.2, 0) is 4.74 Å². The molecule has 0 aromatic rings. The molecule has 2 nitrogen and oxygen atoms in total. The van der Waals surface area contributed by atoms with Crippen LogP contribution in [0.3, 0.4) is 0 Å². The predicted octanol–water partition coefficient (Wildman–Crippen LogP) is 5.23. The Labute approximate surface area is 114 Å². The van der Waals surface area contributed by atoms with Crippen molar-refractivity contribution < 1.29 is 4.74 Å². The number of rotatable bonds is 14. The first kappa shape index (κ1) is 17.4. The Kier molecular flexibility index (Phi) is 15.9. The molecule has 18 heavy (non-hydrogen) atoms. The fraction of sp³-hybridized carbons (Fsp3) is 0.938. The van der Waals surface area contributed by atoms with Gasteiger partial charge in [-0.3, -0.25) is 0 Å². The molecule has 0 fully saturated rings. The van der Waals surface area contributed by atoms with Crippen LogP contribution >= 0.6 is 0 Å². The maximum atomic E-state index is 6.64. The lowest BCUT2D eigenvalue weighted by Crippen LogP contribution is -1.98. The number of hydrogen-bond acceptors (Lipinski definition) is 1. The molecule has 0 unspecified atom stereocenters. The van der Waals surface area contributed by atoms with Crippen LogP contribution in [0, 0.1) is 6.57 Å². The zero-order chi connectivity index (χ0) is 13.3. The monoisotopic (exact) mass is 253 g/mol. The molecule has 0 aliphatic heterocycles. The largest absolute Gasteiger partial charge is 0.381 e. The van der Waals surface area contributed by atoms with Gasteiger partial charge in [0.25, 0.3) is 0 Å². The van der Waals surface area contributed by atoms with E-state index in [0.29, 0.717) is 6.54 Å². The van der Waals surface area contributed by atoms with E-state index in [4.69, 9.17) is 11.3 Å². The maximum Gasteiger partial charge on any atom is 0.216 e. The van der Waals surface area contributed by atoms with Gasteiger partial charge in [-0.15, -0.1) is 0 Å². The molecule has 0 aliphatic carbocycles. The van der Waals surface area contributed by atoms with Crippen LogP contribution in [0.4, 0.5) is 0 Å². The van der Waals surface area contributed by atoms with Gasteiger partial charge in [0.2, 0.25) is 6.54 Å². The van der Waals surface area contributed by atoms with E-state index in [-0.39, 0.29) is 0 Å². The molecule has 0 rings (SSSR count). The molecule has 0 aliphatic rings. The van der Waals surface area contributed by atoms with Crippen LogP contribution in [0.5, 0.6) is 0 Å². The summed E-state index contributed by atoms with van der Waals surface area (Å²) in [6.45, 7) is 11.2. The van der Waals surface area contributed by atoms with Gasteiger partial charge in [-0.05, 0) is 6.42 Å². The Balaban J connectivity index is 2.89. The van der Waals surface area contributed by atoms with Crippen LogP contribution < -0.4 is 0 Å². The lowest BCUT2D eigenvalue weighted by atomic mass is 10.1. The zero-order valence-corrected chi connectivity index (χ0v) is 12.3. The topological polar surface area (TPSA) is 13.6 Å². The number of nitrogens with zero attached hydrogens (tertiary/aromatic N) is 1. The van der Waals surface area contributed by atoms with E-state index >= 15 is 0 Å². The van der Waals surface area contributed by atoms with Crippen molar-refractivity contribution in [3.8, 4) is 0 Å². The third-order valence-corrected chi connectivity index (χ3v) is 3.20. The summed E-state index contributed by atoms with van der Waals surface area (Å²) in [5.74, 6) is 0. The second-order valence-electron chi connectivity index (χ2n) is 5.03. The van der Waals surface area contributed by atoms with Crippen molar-refractivity contribution in [1.82, 2.24) is 0 Å². The fourth-order valence-corrected chi connectivity index (χ4v) is 2.04. The van der Waals surface area contributed by atoms with Crippen molar-refractivity contribution in [2.24, 2.45) is 0 Å².